The Morgan fingerprint density at radius 1 is 1.23 bits per heavy atom. The summed E-state index contributed by atoms with van der Waals surface area (Å²) >= 11 is 0. The Labute approximate surface area is 129 Å². The van der Waals surface area contributed by atoms with Crippen molar-refractivity contribution >= 4 is 16.9 Å². The van der Waals surface area contributed by atoms with Crippen LogP contribution in [0.15, 0.2) is 30.7 Å². The molecule has 3 rings (SSSR count). The second-order valence-corrected chi connectivity index (χ2v) is 5.23. The zero-order valence-corrected chi connectivity index (χ0v) is 13.0. The van der Waals surface area contributed by atoms with Crippen LogP contribution in [0.2, 0.25) is 0 Å². The fourth-order valence-electron chi connectivity index (χ4n) is 2.48. The van der Waals surface area contributed by atoms with Gasteiger partial charge in [-0.15, -0.1) is 0 Å². The van der Waals surface area contributed by atoms with E-state index in [1.165, 1.54) is 5.56 Å². The van der Waals surface area contributed by atoms with E-state index in [9.17, 15) is 0 Å². The van der Waals surface area contributed by atoms with Crippen LogP contribution in [0.1, 0.15) is 11.1 Å². The van der Waals surface area contributed by atoms with E-state index in [2.05, 4.69) is 52.4 Å². The average molecular weight is 297 g/mol. The molecule has 6 heteroatoms. The number of ether oxygens (including phenoxy) is 1. The van der Waals surface area contributed by atoms with E-state index < -0.39 is 0 Å². The molecule has 0 aliphatic rings. The van der Waals surface area contributed by atoms with Crippen molar-refractivity contribution in [3.8, 4) is 5.69 Å². The minimum Gasteiger partial charge on any atom is -0.383 e. The van der Waals surface area contributed by atoms with Crippen LogP contribution in [0, 0.1) is 13.8 Å². The van der Waals surface area contributed by atoms with Crippen molar-refractivity contribution in [2.75, 3.05) is 25.6 Å². The predicted molar refractivity (Wildman–Crippen MR) is 86.5 cm³/mol. The molecule has 22 heavy (non-hydrogen) atoms. The summed E-state index contributed by atoms with van der Waals surface area (Å²) in [5, 5.41) is 8.64. The Morgan fingerprint density at radius 3 is 2.86 bits per heavy atom. The zero-order chi connectivity index (χ0) is 15.5. The van der Waals surface area contributed by atoms with E-state index in [4.69, 9.17) is 4.74 Å². The topological polar surface area (TPSA) is 64.9 Å². The molecular formula is C16H19N5O. The van der Waals surface area contributed by atoms with Gasteiger partial charge in [0, 0.05) is 13.7 Å². The van der Waals surface area contributed by atoms with Crippen LogP contribution in [0.3, 0.4) is 0 Å². The number of hydrogen-bond acceptors (Lipinski definition) is 5. The number of benzene rings is 1. The molecule has 0 spiro atoms. The molecule has 1 aromatic carbocycles. The van der Waals surface area contributed by atoms with Gasteiger partial charge in [-0.3, -0.25) is 0 Å². The predicted octanol–water partition coefficient (Wildman–Crippen LogP) is 2.49. The first-order valence-electron chi connectivity index (χ1n) is 7.20. The molecule has 0 saturated carbocycles. The summed E-state index contributed by atoms with van der Waals surface area (Å²) in [6.07, 6.45) is 3.35. The molecule has 0 aliphatic heterocycles. The second kappa shape index (κ2) is 6.11. The van der Waals surface area contributed by atoms with E-state index in [0.717, 1.165) is 28.1 Å². The Bertz CT molecular complexity index is 796. The zero-order valence-electron chi connectivity index (χ0n) is 13.0. The van der Waals surface area contributed by atoms with Crippen LogP contribution in [0.25, 0.3) is 16.7 Å². The lowest BCUT2D eigenvalue weighted by Crippen LogP contribution is -2.09. The number of rotatable bonds is 5. The monoisotopic (exact) mass is 297 g/mol. The van der Waals surface area contributed by atoms with E-state index >= 15 is 0 Å². The highest BCUT2D eigenvalue weighted by atomic mass is 16.5. The third-order valence-electron chi connectivity index (χ3n) is 3.54. The lowest BCUT2D eigenvalue weighted by Gasteiger charge is -2.08. The van der Waals surface area contributed by atoms with Gasteiger partial charge in [0.2, 0.25) is 0 Å². The smallest absolute Gasteiger partial charge is 0.168 e. The molecular weight excluding hydrogens is 278 g/mol. The first-order chi connectivity index (χ1) is 10.7. The molecule has 0 atom stereocenters. The maximum absolute atomic E-state index is 5.05. The summed E-state index contributed by atoms with van der Waals surface area (Å²) in [6, 6.07) is 6.29. The minimum atomic E-state index is 0.622. The molecule has 0 fully saturated rings. The van der Waals surface area contributed by atoms with Gasteiger partial charge in [-0.25, -0.2) is 14.6 Å². The van der Waals surface area contributed by atoms with Gasteiger partial charge in [0.05, 0.1) is 23.9 Å². The SMILES string of the molecule is COCCNc1ncnc2c1cnn2-c1ccc(C)cc1C. The summed E-state index contributed by atoms with van der Waals surface area (Å²) < 4.78 is 6.90. The fourth-order valence-corrected chi connectivity index (χ4v) is 2.48. The van der Waals surface area contributed by atoms with Crippen molar-refractivity contribution in [2.45, 2.75) is 13.8 Å². The number of nitrogens with one attached hydrogen (secondary N) is 1. The van der Waals surface area contributed by atoms with Crippen LogP contribution in [-0.2, 0) is 4.74 Å². The van der Waals surface area contributed by atoms with Gasteiger partial charge < -0.3 is 10.1 Å². The second-order valence-electron chi connectivity index (χ2n) is 5.23. The van der Waals surface area contributed by atoms with Crippen LogP contribution in [0.4, 0.5) is 5.82 Å². The summed E-state index contributed by atoms with van der Waals surface area (Å²) in [5.74, 6) is 0.776. The highest BCUT2D eigenvalue weighted by Crippen LogP contribution is 2.23. The normalized spacial score (nSPS) is 11.0. The van der Waals surface area contributed by atoms with Crippen molar-refractivity contribution in [3.63, 3.8) is 0 Å². The van der Waals surface area contributed by atoms with Crippen molar-refractivity contribution in [1.29, 1.82) is 0 Å². The van der Waals surface area contributed by atoms with E-state index in [0.29, 0.717) is 13.2 Å². The minimum absolute atomic E-state index is 0.622. The third kappa shape index (κ3) is 2.65. The molecule has 0 radical (unpaired) electrons. The average Bonchev–Trinajstić information content (AvgIpc) is 2.92. The van der Waals surface area contributed by atoms with Gasteiger partial charge in [-0.2, -0.15) is 5.10 Å². The number of hydrogen-bond donors (Lipinski definition) is 1. The molecule has 1 N–H and O–H groups in total. The molecule has 6 nitrogen and oxygen atoms in total. The molecule has 114 valence electrons. The molecule has 0 amide bonds. The van der Waals surface area contributed by atoms with E-state index in [-0.39, 0.29) is 0 Å². The quantitative estimate of drug-likeness (QED) is 0.733. The van der Waals surface area contributed by atoms with Crippen LogP contribution in [-0.4, -0.2) is 40.0 Å². The number of methoxy groups -OCH3 is 1. The van der Waals surface area contributed by atoms with Gasteiger partial charge in [0.15, 0.2) is 5.65 Å². The molecule has 3 aromatic rings. The molecule has 2 aromatic heterocycles. The first kappa shape index (κ1) is 14.5. The van der Waals surface area contributed by atoms with Crippen molar-refractivity contribution in [3.05, 3.63) is 41.9 Å². The maximum Gasteiger partial charge on any atom is 0.168 e. The van der Waals surface area contributed by atoms with Gasteiger partial charge >= 0.3 is 0 Å². The number of nitrogens with zero attached hydrogens (tertiary/aromatic N) is 4. The lowest BCUT2D eigenvalue weighted by atomic mass is 10.1. The number of aryl methyl sites for hydroxylation is 2. The van der Waals surface area contributed by atoms with Gasteiger partial charge in [0.1, 0.15) is 12.1 Å². The van der Waals surface area contributed by atoms with Crippen molar-refractivity contribution in [2.24, 2.45) is 0 Å². The lowest BCUT2D eigenvalue weighted by molar-refractivity contribution is 0.210. The van der Waals surface area contributed by atoms with Crippen LogP contribution >= 0.6 is 0 Å². The Balaban J connectivity index is 2.03. The van der Waals surface area contributed by atoms with Gasteiger partial charge in [-0.1, -0.05) is 17.7 Å². The highest BCUT2D eigenvalue weighted by Gasteiger charge is 2.12. The van der Waals surface area contributed by atoms with Gasteiger partial charge in [0.25, 0.3) is 0 Å². The van der Waals surface area contributed by atoms with Gasteiger partial charge in [-0.05, 0) is 25.5 Å². The number of fused-ring (bicyclic) bond motifs is 1. The maximum atomic E-state index is 5.05. The molecule has 0 unspecified atom stereocenters. The number of anilines is 1. The summed E-state index contributed by atoms with van der Waals surface area (Å²) in [4.78, 5) is 8.68. The molecule has 0 bridgehead atoms. The molecule has 2 heterocycles. The summed E-state index contributed by atoms with van der Waals surface area (Å²) in [6.45, 7) is 5.47. The van der Waals surface area contributed by atoms with Crippen molar-refractivity contribution < 1.29 is 4.74 Å². The van der Waals surface area contributed by atoms with Crippen LogP contribution < -0.4 is 5.32 Å². The standard InChI is InChI=1S/C16H19N5O/c1-11-4-5-14(12(2)8-11)21-16-13(9-20-21)15(18-10-19-16)17-6-7-22-3/h4-5,8-10H,6-7H2,1-3H3,(H,17,18,19). The first-order valence-corrected chi connectivity index (χ1v) is 7.20. The van der Waals surface area contributed by atoms with Crippen LogP contribution in [0.5, 0.6) is 0 Å². The molecule has 0 saturated heterocycles. The molecule has 0 aliphatic carbocycles. The van der Waals surface area contributed by atoms with Crippen molar-refractivity contribution in [1.82, 2.24) is 19.7 Å². The Hall–Kier alpha value is -2.47. The summed E-state index contributed by atoms with van der Waals surface area (Å²) in [7, 11) is 1.68. The van der Waals surface area contributed by atoms with E-state index in [1.807, 2.05) is 4.68 Å². The van der Waals surface area contributed by atoms with E-state index in [1.54, 1.807) is 19.6 Å². The Kier molecular flexibility index (Phi) is 4.02. The largest absolute Gasteiger partial charge is 0.383 e. The third-order valence-corrected chi connectivity index (χ3v) is 3.54. The highest BCUT2D eigenvalue weighted by molar-refractivity contribution is 5.87. The number of aromatic nitrogens is 4. The Morgan fingerprint density at radius 2 is 2.09 bits per heavy atom. The summed E-state index contributed by atoms with van der Waals surface area (Å²) in [5.41, 5.74) is 4.22. The fraction of sp³-hybridized carbons (Fsp3) is 0.312.